The Kier molecular flexibility index (Phi) is 7.56. The zero-order chi connectivity index (χ0) is 38.5. The molecule has 1 aliphatic carbocycles. The van der Waals surface area contributed by atoms with Crippen molar-refractivity contribution >= 4 is 80.9 Å². The molecule has 57 heavy (non-hydrogen) atoms. The van der Waals surface area contributed by atoms with E-state index in [9.17, 15) is 0 Å². The minimum Gasteiger partial charge on any atom is -0.310 e. The van der Waals surface area contributed by atoms with Gasteiger partial charge in [0.15, 0.2) is 0 Å². The summed E-state index contributed by atoms with van der Waals surface area (Å²) in [6.45, 7) is 9.66. The Morgan fingerprint density at radius 2 is 0.965 bits per heavy atom. The van der Waals surface area contributed by atoms with Gasteiger partial charge in [-0.15, -0.1) is 11.3 Å². The van der Waals surface area contributed by atoms with Gasteiger partial charge in [-0.2, -0.15) is 0 Å². The lowest BCUT2D eigenvalue weighted by molar-refractivity contribution is 0.403. The van der Waals surface area contributed by atoms with Crippen molar-refractivity contribution < 1.29 is 0 Å². The topological polar surface area (TPSA) is 3.24 Å². The Bertz CT molecular complexity index is 3200. The fourth-order valence-electron chi connectivity index (χ4n) is 10.1. The lowest BCUT2D eigenvalue weighted by Crippen LogP contribution is -2.17. The summed E-state index contributed by atoms with van der Waals surface area (Å²) in [5, 5.41) is 10.3. The zero-order valence-corrected chi connectivity index (χ0v) is 33.6. The van der Waals surface area contributed by atoms with Gasteiger partial charge in [-0.1, -0.05) is 143 Å². The van der Waals surface area contributed by atoms with Crippen LogP contribution in [0.5, 0.6) is 0 Å². The minimum atomic E-state index is 0.170. The van der Waals surface area contributed by atoms with Crippen LogP contribution in [0.4, 0.5) is 17.1 Å². The molecule has 1 heterocycles. The highest BCUT2D eigenvalue weighted by atomic mass is 32.1. The van der Waals surface area contributed by atoms with Crippen LogP contribution in [0, 0.1) is 0 Å². The molecule has 1 aliphatic rings. The fourth-order valence-corrected chi connectivity index (χ4v) is 11.3. The molecule has 0 unspecified atom stereocenters. The van der Waals surface area contributed by atoms with E-state index in [-0.39, 0.29) is 10.8 Å². The van der Waals surface area contributed by atoms with E-state index in [0.717, 1.165) is 17.1 Å². The number of thiophene rings is 1. The average Bonchev–Trinajstić information content (AvgIpc) is 3.68. The number of para-hydroxylation sites is 1. The first-order valence-electron chi connectivity index (χ1n) is 20.1. The predicted octanol–water partition coefficient (Wildman–Crippen LogP) is 16.3. The van der Waals surface area contributed by atoms with Crippen LogP contribution < -0.4 is 4.90 Å². The van der Waals surface area contributed by atoms with Crippen LogP contribution in [-0.2, 0) is 10.8 Å². The molecule has 0 saturated carbocycles. The van der Waals surface area contributed by atoms with Gasteiger partial charge in [-0.25, -0.2) is 0 Å². The van der Waals surface area contributed by atoms with Crippen molar-refractivity contribution in [2.24, 2.45) is 0 Å². The van der Waals surface area contributed by atoms with Gasteiger partial charge in [-0.3, -0.25) is 0 Å². The van der Waals surface area contributed by atoms with Crippen LogP contribution in [0.1, 0.15) is 45.2 Å². The number of anilines is 3. The molecule has 0 fully saturated rings. The van der Waals surface area contributed by atoms with Gasteiger partial charge >= 0.3 is 0 Å². The molecule has 0 spiro atoms. The Morgan fingerprint density at radius 1 is 0.404 bits per heavy atom. The standard InChI is InChI=1S/C55H43NS/c1-54(2)34-55(3,4)50-33-53-48(32-49(50)54)45-27-24-39(31-52(45)57-53)47-28-36-14-8-9-15-37(36)30-51(47)56(40-17-6-5-7-18-40)41-25-22-35(23-26-41)46-29-38-16-10-11-19-42(38)43-20-12-13-21-44(43)46/h5-33H,34H2,1-4H3. The summed E-state index contributed by atoms with van der Waals surface area (Å²) in [5.41, 5.74) is 11.7. The highest BCUT2D eigenvalue weighted by Crippen LogP contribution is 2.52. The van der Waals surface area contributed by atoms with Crippen LogP contribution in [-0.4, -0.2) is 0 Å². The lowest BCUT2D eigenvalue weighted by atomic mass is 9.82. The molecule has 2 heteroatoms. The summed E-state index contributed by atoms with van der Waals surface area (Å²) >= 11 is 1.94. The third-order valence-corrected chi connectivity index (χ3v) is 13.7. The van der Waals surface area contributed by atoms with E-state index >= 15 is 0 Å². The van der Waals surface area contributed by atoms with Gasteiger partial charge in [-0.05, 0) is 138 Å². The molecule has 1 nitrogen and oxygen atoms in total. The number of rotatable bonds is 5. The van der Waals surface area contributed by atoms with Crippen LogP contribution >= 0.6 is 11.3 Å². The molecule has 0 saturated heterocycles. The highest BCUT2D eigenvalue weighted by Gasteiger charge is 2.42. The van der Waals surface area contributed by atoms with Crippen LogP contribution in [0.15, 0.2) is 176 Å². The van der Waals surface area contributed by atoms with Crippen molar-refractivity contribution in [2.75, 3.05) is 4.90 Å². The van der Waals surface area contributed by atoms with Crippen LogP contribution in [0.2, 0.25) is 0 Å². The summed E-state index contributed by atoms with van der Waals surface area (Å²) < 4.78 is 2.72. The maximum absolute atomic E-state index is 2.51. The van der Waals surface area contributed by atoms with E-state index < -0.39 is 0 Å². The second-order valence-electron chi connectivity index (χ2n) is 17.3. The van der Waals surface area contributed by atoms with Gasteiger partial charge in [0.1, 0.15) is 0 Å². The van der Waals surface area contributed by atoms with Crippen molar-refractivity contribution in [3.05, 3.63) is 187 Å². The summed E-state index contributed by atoms with van der Waals surface area (Å²) in [7, 11) is 0. The minimum absolute atomic E-state index is 0.170. The molecule has 0 bridgehead atoms. The van der Waals surface area contributed by atoms with Gasteiger partial charge < -0.3 is 4.90 Å². The monoisotopic (exact) mass is 749 g/mol. The van der Waals surface area contributed by atoms with Crippen molar-refractivity contribution in [1.82, 2.24) is 0 Å². The Hall–Kier alpha value is -6.22. The largest absolute Gasteiger partial charge is 0.310 e. The first-order chi connectivity index (χ1) is 27.7. The third kappa shape index (κ3) is 5.50. The van der Waals surface area contributed by atoms with Gasteiger partial charge in [0.2, 0.25) is 0 Å². The smallest absolute Gasteiger partial charge is 0.0546 e. The summed E-state index contributed by atoms with van der Waals surface area (Å²) in [6, 6.07) is 65.6. The molecule has 9 aromatic carbocycles. The van der Waals surface area contributed by atoms with Crippen LogP contribution in [0.3, 0.4) is 0 Å². The second-order valence-corrected chi connectivity index (χ2v) is 18.4. The first-order valence-corrected chi connectivity index (χ1v) is 20.9. The Morgan fingerprint density at radius 3 is 1.72 bits per heavy atom. The summed E-state index contributed by atoms with van der Waals surface area (Å²) in [4.78, 5) is 2.44. The number of nitrogens with zero attached hydrogens (tertiary/aromatic N) is 1. The Balaban J connectivity index is 1.08. The van der Waals surface area contributed by atoms with Crippen molar-refractivity contribution in [3.63, 3.8) is 0 Å². The fraction of sp³-hybridized carbons (Fsp3) is 0.127. The number of benzene rings is 9. The first kappa shape index (κ1) is 34.1. The van der Waals surface area contributed by atoms with Crippen molar-refractivity contribution in [1.29, 1.82) is 0 Å². The van der Waals surface area contributed by atoms with E-state index in [0.29, 0.717) is 0 Å². The molecule has 11 rings (SSSR count). The Labute approximate surface area is 338 Å². The number of fused-ring (bicyclic) bond motifs is 8. The van der Waals surface area contributed by atoms with E-state index in [1.165, 1.54) is 92.3 Å². The highest BCUT2D eigenvalue weighted by molar-refractivity contribution is 7.25. The van der Waals surface area contributed by atoms with Gasteiger partial charge in [0, 0.05) is 37.1 Å². The molecule has 1 aromatic heterocycles. The molecule has 0 radical (unpaired) electrons. The number of hydrogen-bond acceptors (Lipinski definition) is 2. The molecule has 10 aromatic rings. The van der Waals surface area contributed by atoms with E-state index in [4.69, 9.17) is 0 Å². The normalized spacial score (nSPS) is 14.5. The molecule has 0 aliphatic heterocycles. The number of hydrogen-bond donors (Lipinski definition) is 0. The maximum atomic E-state index is 2.51. The molecular formula is C55H43NS. The van der Waals surface area contributed by atoms with Gasteiger partial charge in [0.25, 0.3) is 0 Å². The van der Waals surface area contributed by atoms with E-state index in [1.54, 1.807) is 0 Å². The van der Waals surface area contributed by atoms with E-state index in [2.05, 4.69) is 209 Å². The SMILES string of the molecule is CC1(C)CC(C)(C)c2cc3c(cc21)sc1cc(-c2cc4ccccc4cc2N(c2ccccc2)c2ccc(-c4cc5ccccc5c5ccccc45)cc2)ccc13. The molecular weight excluding hydrogens is 707 g/mol. The maximum Gasteiger partial charge on any atom is 0.0546 e. The molecule has 274 valence electrons. The lowest BCUT2D eigenvalue weighted by Gasteiger charge is -2.28. The quantitative estimate of drug-likeness (QED) is 0.158. The average molecular weight is 750 g/mol. The summed E-state index contributed by atoms with van der Waals surface area (Å²) in [5.74, 6) is 0. The predicted molar refractivity (Wildman–Crippen MR) is 248 cm³/mol. The third-order valence-electron chi connectivity index (χ3n) is 12.6. The second kappa shape index (κ2) is 12.6. The summed E-state index contributed by atoms with van der Waals surface area (Å²) in [6.07, 6.45) is 1.18. The van der Waals surface area contributed by atoms with Gasteiger partial charge in [0.05, 0.1) is 5.69 Å². The van der Waals surface area contributed by atoms with Crippen molar-refractivity contribution in [2.45, 2.75) is 44.9 Å². The molecule has 0 N–H and O–H groups in total. The van der Waals surface area contributed by atoms with Crippen LogP contribution in [0.25, 0.3) is 74.7 Å². The van der Waals surface area contributed by atoms with Crippen molar-refractivity contribution in [3.8, 4) is 22.3 Å². The molecule has 0 atom stereocenters. The van der Waals surface area contributed by atoms with E-state index in [1.807, 2.05) is 11.3 Å². The molecule has 0 amide bonds. The zero-order valence-electron chi connectivity index (χ0n) is 32.8.